The van der Waals surface area contributed by atoms with Crippen molar-refractivity contribution in [1.82, 2.24) is 4.72 Å². The summed E-state index contributed by atoms with van der Waals surface area (Å²) >= 11 is 3.21. The summed E-state index contributed by atoms with van der Waals surface area (Å²) in [7, 11) is -3.88. The van der Waals surface area contributed by atoms with Crippen LogP contribution >= 0.6 is 15.9 Å². The number of benzene rings is 2. The molecule has 0 saturated carbocycles. The van der Waals surface area contributed by atoms with Crippen LogP contribution in [-0.4, -0.2) is 20.9 Å². The molecule has 1 atom stereocenters. The SMILES string of the molecule is CC(NS(=O)(=O)c1cc2c(cc1Br)NC(=O)CO2)c1ccc(F)cc1. The van der Waals surface area contributed by atoms with Gasteiger partial charge in [-0.05, 0) is 46.6 Å². The molecule has 0 aromatic heterocycles. The van der Waals surface area contributed by atoms with Crippen molar-refractivity contribution in [3.63, 3.8) is 0 Å². The van der Waals surface area contributed by atoms with E-state index >= 15 is 0 Å². The predicted molar refractivity (Wildman–Crippen MR) is 93.4 cm³/mol. The summed E-state index contributed by atoms with van der Waals surface area (Å²) < 4.78 is 46.5. The van der Waals surface area contributed by atoms with Gasteiger partial charge >= 0.3 is 0 Å². The van der Waals surface area contributed by atoms with E-state index in [1.807, 2.05) is 0 Å². The summed E-state index contributed by atoms with van der Waals surface area (Å²) in [4.78, 5) is 11.3. The van der Waals surface area contributed by atoms with Gasteiger partial charge in [0.25, 0.3) is 5.91 Å². The van der Waals surface area contributed by atoms with Crippen molar-refractivity contribution >= 4 is 37.5 Å². The number of carbonyl (C=O) groups excluding carboxylic acids is 1. The minimum atomic E-state index is -3.88. The number of nitrogens with one attached hydrogen (secondary N) is 2. The molecular formula is C16H14BrFN2O4S. The fourth-order valence-corrected chi connectivity index (χ4v) is 4.69. The van der Waals surface area contributed by atoms with Crippen molar-refractivity contribution in [3.05, 3.63) is 52.3 Å². The topological polar surface area (TPSA) is 84.5 Å². The Labute approximate surface area is 152 Å². The second-order valence-electron chi connectivity index (χ2n) is 5.51. The molecule has 25 heavy (non-hydrogen) atoms. The predicted octanol–water partition coefficient (Wildman–Crippen LogP) is 2.96. The Hall–Kier alpha value is -1.97. The lowest BCUT2D eigenvalue weighted by atomic mass is 10.1. The van der Waals surface area contributed by atoms with Crippen LogP contribution in [0.5, 0.6) is 5.75 Å². The van der Waals surface area contributed by atoms with Crippen LogP contribution in [0.25, 0.3) is 0 Å². The second kappa shape index (κ2) is 6.74. The van der Waals surface area contributed by atoms with Crippen LogP contribution in [0, 0.1) is 5.82 Å². The Kier molecular flexibility index (Phi) is 4.81. The van der Waals surface area contributed by atoms with Crippen LogP contribution in [0.3, 0.4) is 0 Å². The number of anilines is 1. The molecule has 0 saturated heterocycles. The Morgan fingerprint density at radius 1 is 1.28 bits per heavy atom. The van der Waals surface area contributed by atoms with Crippen LogP contribution in [0.2, 0.25) is 0 Å². The maximum absolute atomic E-state index is 13.0. The van der Waals surface area contributed by atoms with Gasteiger partial charge in [0.1, 0.15) is 16.5 Å². The first-order valence-electron chi connectivity index (χ1n) is 7.30. The molecule has 1 aliphatic rings. The maximum atomic E-state index is 13.0. The smallest absolute Gasteiger partial charge is 0.262 e. The highest BCUT2D eigenvalue weighted by molar-refractivity contribution is 9.10. The van der Waals surface area contributed by atoms with Gasteiger partial charge in [0, 0.05) is 16.6 Å². The first-order chi connectivity index (χ1) is 11.8. The molecule has 0 bridgehead atoms. The Morgan fingerprint density at radius 2 is 1.96 bits per heavy atom. The third-order valence-corrected chi connectivity index (χ3v) is 6.16. The number of rotatable bonds is 4. The molecule has 0 radical (unpaired) electrons. The van der Waals surface area contributed by atoms with Gasteiger partial charge in [0.05, 0.1) is 5.69 Å². The van der Waals surface area contributed by atoms with Crippen molar-refractivity contribution in [1.29, 1.82) is 0 Å². The number of sulfonamides is 1. The molecule has 2 aromatic rings. The normalized spacial score (nSPS) is 15.1. The molecule has 9 heteroatoms. The fraction of sp³-hybridized carbons (Fsp3) is 0.188. The maximum Gasteiger partial charge on any atom is 0.262 e. The largest absolute Gasteiger partial charge is 0.482 e. The van der Waals surface area contributed by atoms with E-state index < -0.39 is 21.9 Å². The van der Waals surface area contributed by atoms with E-state index in [1.165, 1.54) is 36.4 Å². The fourth-order valence-electron chi connectivity index (χ4n) is 2.40. The summed E-state index contributed by atoms with van der Waals surface area (Å²) in [5.74, 6) is -0.425. The molecule has 3 rings (SSSR count). The van der Waals surface area contributed by atoms with Gasteiger partial charge in [0.2, 0.25) is 10.0 Å². The summed E-state index contributed by atoms with van der Waals surface area (Å²) in [6.45, 7) is 1.49. The highest BCUT2D eigenvalue weighted by atomic mass is 79.9. The summed E-state index contributed by atoms with van der Waals surface area (Å²) in [6.07, 6.45) is 0. The van der Waals surface area contributed by atoms with E-state index in [0.29, 0.717) is 11.3 Å². The highest BCUT2D eigenvalue weighted by Crippen LogP contribution is 2.36. The van der Waals surface area contributed by atoms with Gasteiger partial charge < -0.3 is 10.1 Å². The van der Waals surface area contributed by atoms with E-state index in [9.17, 15) is 17.6 Å². The van der Waals surface area contributed by atoms with Crippen LogP contribution in [0.15, 0.2) is 45.8 Å². The van der Waals surface area contributed by atoms with Crippen molar-refractivity contribution in [2.75, 3.05) is 11.9 Å². The number of fused-ring (bicyclic) bond motifs is 1. The lowest BCUT2D eigenvalue weighted by Crippen LogP contribution is -2.28. The lowest BCUT2D eigenvalue weighted by molar-refractivity contribution is -0.118. The number of amides is 1. The number of ether oxygens (including phenoxy) is 1. The zero-order valence-electron chi connectivity index (χ0n) is 13.0. The molecular weight excluding hydrogens is 415 g/mol. The van der Waals surface area contributed by atoms with Crippen LogP contribution in [0.1, 0.15) is 18.5 Å². The zero-order chi connectivity index (χ0) is 18.2. The number of hydrogen-bond donors (Lipinski definition) is 2. The van der Waals surface area contributed by atoms with Crippen LogP contribution in [-0.2, 0) is 14.8 Å². The average molecular weight is 429 g/mol. The van der Waals surface area contributed by atoms with Gasteiger partial charge in [-0.15, -0.1) is 0 Å². The van der Waals surface area contributed by atoms with E-state index in [1.54, 1.807) is 6.92 Å². The van der Waals surface area contributed by atoms with Gasteiger partial charge in [-0.2, -0.15) is 0 Å². The van der Waals surface area contributed by atoms with E-state index in [-0.39, 0.29) is 27.6 Å². The molecule has 0 aliphatic carbocycles. The number of hydrogen-bond acceptors (Lipinski definition) is 4. The Morgan fingerprint density at radius 3 is 2.64 bits per heavy atom. The summed E-state index contributed by atoms with van der Waals surface area (Å²) in [6, 6.07) is 7.83. The Balaban J connectivity index is 1.89. The third kappa shape index (κ3) is 3.83. The number of carbonyl (C=O) groups is 1. The molecule has 0 fully saturated rings. The summed E-state index contributed by atoms with van der Waals surface area (Å²) in [5.41, 5.74) is 1.02. The number of halogens is 2. The standard InChI is InChI=1S/C16H14BrFN2O4S/c1-9(10-2-4-11(18)5-3-10)20-25(22,23)15-7-14-13(6-12(15)17)19-16(21)8-24-14/h2-7,9,20H,8H2,1H3,(H,19,21). The van der Waals surface area contributed by atoms with Crippen molar-refractivity contribution in [2.24, 2.45) is 0 Å². The molecule has 1 amide bonds. The molecule has 1 aliphatic heterocycles. The molecule has 2 aromatic carbocycles. The Bertz CT molecular complexity index is 932. The van der Waals surface area contributed by atoms with Gasteiger partial charge in [-0.1, -0.05) is 12.1 Å². The molecule has 1 heterocycles. The van der Waals surface area contributed by atoms with Crippen molar-refractivity contribution < 1.29 is 22.3 Å². The third-order valence-electron chi connectivity index (χ3n) is 3.66. The monoisotopic (exact) mass is 428 g/mol. The van der Waals surface area contributed by atoms with Crippen LogP contribution < -0.4 is 14.8 Å². The van der Waals surface area contributed by atoms with Crippen LogP contribution in [0.4, 0.5) is 10.1 Å². The molecule has 1 unspecified atom stereocenters. The van der Waals surface area contributed by atoms with E-state index in [0.717, 1.165) is 0 Å². The van der Waals surface area contributed by atoms with E-state index in [4.69, 9.17) is 4.74 Å². The van der Waals surface area contributed by atoms with Gasteiger partial charge in [-0.25, -0.2) is 17.5 Å². The minimum absolute atomic E-state index is 0.0173. The molecule has 6 nitrogen and oxygen atoms in total. The minimum Gasteiger partial charge on any atom is -0.482 e. The molecule has 2 N–H and O–H groups in total. The van der Waals surface area contributed by atoms with E-state index in [2.05, 4.69) is 26.0 Å². The summed E-state index contributed by atoms with van der Waals surface area (Å²) in [5, 5.41) is 2.61. The first-order valence-corrected chi connectivity index (χ1v) is 9.58. The second-order valence-corrected chi connectivity index (χ2v) is 8.05. The molecule has 0 spiro atoms. The van der Waals surface area contributed by atoms with Crippen molar-refractivity contribution in [2.45, 2.75) is 17.9 Å². The van der Waals surface area contributed by atoms with Gasteiger partial charge in [0.15, 0.2) is 6.61 Å². The first kappa shape index (κ1) is 17.8. The molecule has 132 valence electrons. The van der Waals surface area contributed by atoms with Gasteiger partial charge in [-0.3, -0.25) is 4.79 Å². The average Bonchev–Trinajstić information content (AvgIpc) is 2.54. The quantitative estimate of drug-likeness (QED) is 0.783. The lowest BCUT2D eigenvalue weighted by Gasteiger charge is -2.20. The highest BCUT2D eigenvalue weighted by Gasteiger charge is 2.25. The van der Waals surface area contributed by atoms with Crippen molar-refractivity contribution in [3.8, 4) is 5.75 Å². The zero-order valence-corrected chi connectivity index (χ0v) is 15.4.